The number of benzene rings is 1. The summed E-state index contributed by atoms with van der Waals surface area (Å²) in [4.78, 5) is 11.9. The van der Waals surface area contributed by atoms with Crippen molar-refractivity contribution in [1.82, 2.24) is 10.6 Å². The fourth-order valence-corrected chi connectivity index (χ4v) is 2.78. The number of ether oxygens (including phenoxy) is 1. The molecule has 0 aliphatic carbocycles. The van der Waals surface area contributed by atoms with Crippen LogP contribution in [0.1, 0.15) is 37.3 Å². The zero-order chi connectivity index (χ0) is 15.2. The molecule has 4 nitrogen and oxygen atoms in total. The molecule has 0 spiro atoms. The van der Waals surface area contributed by atoms with Crippen molar-refractivity contribution in [1.29, 1.82) is 0 Å². The van der Waals surface area contributed by atoms with Gasteiger partial charge in [-0.15, -0.1) is 12.4 Å². The number of hydrogen-bond acceptors (Lipinski definition) is 3. The van der Waals surface area contributed by atoms with Gasteiger partial charge in [0.1, 0.15) is 5.75 Å². The highest BCUT2D eigenvalue weighted by molar-refractivity contribution is 5.85. The first-order chi connectivity index (χ1) is 10.0. The lowest BCUT2D eigenvalue weighted by Gasteiger charge is -2.28. The minimum atomic E-state index is 0. The molecule has 1 aromatic rings. The molecule has 124 valence electrons. The second-order valence-corrected chi connectivity index (χ2v) is 6.01. The summed E-state index contributed by atoms with van der Waals surface area (Å²) in [6.07, 6.45) is 2.42. The first-order valence-electron chi connectivity index (χ1n) is 7.77. The predicted octanol–water partition coefficient (Wildman–Crippen LogP) is 2.75. The normalized spacial score (nSPS) is 20.9. The zero-order valence-electron chi connectivity index (χ0n) is 13.6. The first kappa shape index (κ1) is 18.8. The SMILES string of the molecule is Cc1ccc(OCCC(=O)NC2CCNC(C)C2)c(C)c1.Cl. The number of piperidine rings is 1. The number of carbonyl (C=O) groups is 1. The number of nitrogens with one attached hydrogen (secondary N) is 2. The molecular weight excluding hydrogens is 300 g/mol. The minimum Gasteiger partial charge on any atom is -0.493 e. The second kappa shape index (κ2) is 9.01. The molecule has 1 amide bonds. The molecule has 2 atom stereocenters. The predicted molar refractivity (Wildman–Crippen MR) is 91.9 cm³/mol. The summed E-state index contributed by atoms with van der Waals surface area (Å²) in [5.74, 6) is 0.947. The van der Waals surface area contributed by atoms with Gasteiger partial charge in [0, 0.05) is 12.1 Å². The molecule has 1 heterocycles. The molecule has 0 saturated carbocycles. The van der Waals surface area contributed by atoms with Gasteiger partial charge in [0.05, 0.1) is 13.0 Å². The van der Waals surface area contributed by atoms with Crippen molar-refractivity contribution in [2.45, 2.75) is 52.1 Å². The number of carbonyl (C=O) groups excluding carboxylic acids is 1. The summed E-state index contributed by atoms with van der Waals surface area (Å²) < 4.78 is 5.70. The molecular formula is C17H27ClN2O2. The number of halogens is 1. The van der Waals surface area contributed by atoms with Gasteiger partial charge < -0.3 is 15.4 Å². The number of amides is 1. The van der Waals surface area contributed by atoms with Gasteiger partial charge >= 0.3 is 0 Å². The zero-order valence-corrected chi connectivity index (χ0v) is 14.5. The van der Waals surface area contributed by atoms with Gasteiger partial charge in [0.15, 0.2) is 0 Å². The van der Waals surface area contributed by atoms with Crippen molar-refractivity contribution in [2.75, 3.05) is 13.2 Å². The Morgan fingerprint density at radius 2 is 2.18 bits per heavy atom. The van der Waals surface area contributed by atoms with Crippen LogP contribution in [0.4, 0.5) is 0 Å². The molecule has 1 aliphatic heterocycles. The smallest absolute Gasteiger partial charge is 0.223 e. The van der Waals surface area contributed by atoms with Crippen LogP contribution in [0.25, 0.3) is 0 Å². The molecule has 0 aromatic heterocycles. The van der Waals surface area contributed by atoms with E-state index in [2.05, 4.69) is 30.5 Å². The van der Waals surface area contributed by atoms with Crippen molar-refractivity contribution in [3.8, 4) is 5.75 Å². The van der Waals surface area contributed by atoms with E-state index in [0.717, 1.165) is 30.7 Å². The lowest BCUT2D eigenvalue weighted by atomic mass is 10.0. The van der Waals surface area contributed by atoms with Crippen molar-refractivity contribution in [3.63, 3.8) is 0 Å². The van der Waals surface area contributed by atoms with Gasteiger partial charge in [0.2, 0.25) is 5.91 Å². The Labute approximate surface area is 139 Å². The molecule has 2 N–H and O–H groups in total. The fraction of sp³-hybridized carbons (Fsp3) is 0.588. The Balaban J connectivity index is 0.00000242. The lowest BCUT2D eigenvalue weighted by molar-refractivity contribution is -0.122. The van der Waals surface area contributed by atoms with Gasteiger partial charge in [0.25, 0.3) is 0 Å². The maximum absolute atomic E-state index is 11.9. The van der Waals surface area contributed by atoms with Crippen LogP contribution < -0.4 is 15.4 Å². The van der Waals surface area contributed by atoms with Crippen LogP contribution in [0.3, 0.4) is 0 Å². The minimum absolute atomic E-state index is 0. The van der Waals surface area contributed by atoms with Crippen molar-refractivity contribution >= 4 is 18.3 Å². The lowest BCUT2D eigenvalue weighted by Crippen LogP contribution is -2.46. The van der Waals surface area contributed by atoms with Gasteiger partial charge in [-0.2, -0.15) is 0 Å². The highest BCUT2D eigenvalue weighted by Crippen LogP contribution is 2.18. The van der Waals surface area contributed by atoms with E-state index in [0.29, 0.717) is 25.1 Å². The van der Waals surface area contributed by atoms with E-state index in [1.807, 2.05) is 19.1 Å². The van der Waals surface area contributed by atoms with Crippen molar-refractivity contribution in [2.24, 2.45) is 0 Å². The molecule has 1 saturated heterocycles. The molecule has 5 heteroatoms. The van der Waals surface area contributed by atoms with Crippen LogP contribution in [0, 0.1) is 13.8 Å². The summed E-state index contributed by atoms with van der Waals surface area (Å²) in [7, 11) is 0. The highest BCUT2D eigenvalue weighted by Gasteiger charge is 2.19. The van der Waals surface area contributed by atoms with E-state index in [-0.39, 0.29) is 18.3 Å². The summed E-state index contributed by atoms with van der Waals surface area (Å²) >= 11 is 0. The Morgan fingerprint density at radius 3 is 2.86 bits per heavy atom. The van der Waals surface area contributed by atoms with E-state index < -0.39 is 0 Å². The molecule has 22 heavy (non-hydrogen) atoms. The third-order valence-electron chi connectivity index (χ3n) is 3.91. The number of aryl methyl sites for hydroxylation is 2. The largest absolute Gasteiger partial charge is 0.493 e. The molecule has 2 unspecified atom stereocenters. The van der Waals surface area contributed by atoms with Crippen LogP contribution in [0.2, 0.25) is 0 Å². The van der Waals surface area contributed by atoms with Gasteiger partial charge in [-0.3, -0.25) is 4.79 Å². The van der Waals surface area contributed by atoms with E-state index in [1.54, 1.807) is 0 Å². The Kier molecular flexibility index (Phi) is 7.69. The van der Waals surface area contributed by atoms with E-state index in [4.69, 9.17) is 4.74 Å². The fourth-order valence-electron chi connectivity index (χ4n) is 2.78. The van der Waals surface area contributed by atoms with E-state index >= 15 is 0 Å². The topological polar surface area (TPSA) is 50.4 Å². The third kappa shape index (κ3) is 5.85. The number of rotatable bonds is 5. The van der Waals surface area contributed by atoms with Crippen LogP contribution in [-0.4, -0.2) is 31.1 Å². The van der Waals surface area contributed by atoms with Gasteiger partial charge in [-0.1, -0.05) is 17.7 Å². The molecule has 0 bridgehead atoms. The summed E-state index contributed by atoms with van der Waals surface area (Å²) in [6.45, 7) is 7.64. The van der Waals surface area contributed by atoms with Crippen LogP contribution >= 0.6 is 12.4 Å². The van der Waals surface area contributed by atoms with E-state index in [9.17, 15) is 4.79 Å². The van der Waals surface area contributed by atoms with E-state index in [1.165, 1.54) is 5.56 Å². The van der Waals surface area contributed by atoms with Gasteiger partial charge in [-0.05, 0) is 51.8 Å². The average molecular weight is 327 g/mol. The Morgan fingerprint density at radius 1 is 1.41 bits per heavy atom. The van der Waals surface area contributed by atoms with Crippen LogP contribution in [0.15, 0.2) is 18.2 Å². The Bertz CT molecular complexity index is 494. The van der Waals surface area contributed by atoms with Gasteiger partial charge in [-0.25, -0.2) is 0 Å². The van der Waals surface area contributed by atoms with Crippen LogP contribution in [-0.2, 0) is 4.79 Å². The third-order valence-corrected chi connectivity index (χ3v) is 3.91. The summed E-state index contributed by atoms with van der Waals surface area (Å²) in [5, 5.41) is 6.48. The maximum atomic E-state index is 11.9. The van der Waals surface area contributed by atoms with Crippen molar-refractivity contribution in [3.05, 3.63) is 29.3 Å². The quantitative estimate of drug-likeness (QED) is 0.874. The second-order valence-electron chi connectivity index (χ2n) is 6.01. The standard InChI is InChI=1S/C17H26N2O2.ClH/c1-12-4-5-16(13(2)10-12)21-9-7-17(20)19-15-6-8-18-14(3)11-15;/h4-5,10,14-15,18H,6-9,11H2,1-3H3,(H,19,20);1H. The van der Waals surface area contributed by atoms with Crippen molar-refractivity contribution < 1.29 is 9.53 Å². The molecule has 2 rings (SSSR count). The highest BCUT2D eigenvalue weighted by atomic mass is 35.5. The Hall–Kier alpha value is -1.26. The van der Waals surface area contributed by atoms with Crippen LogP contribution in [0.5, 0.6) is 5.75 Å². The average Bonchev–Trinajstić information content (AvgIpc) is 2.41. The maximum Gasteiger partial charge on any atom is 0.223 e. The summed E-state index contributed by atoms with van der Waals surface area (Å²) in [5.41, 5.74) is 2.33. The molecule has 1 fully saturated rings. The number of hydrogen-bond donors (Lipinski definition) is 2. The summed E-state index contributed by atoms with van der Waals surface area (Å²) in [6, 6.07) is 6.87. The monoisotopic (exact) mass is 326 g/mol. The molecule has 1 aliphatic rings. The first-order valence-corrected chi connectivity index (χ1v) is 7.77. The molecule has 1 aromatic carbocycles. The molecule has 0 radical (unpaired) electrons.